The summed E-state index contributed by atoms with van der Waals surface area (Å²) in [6.07, 6.45) is 6.53. The molecule has 0 saturated heterocycles. The van der Waals surface area contributed by atoms with E-state index in [1.54, 1.807) is 12.1 Å². The maximum atomic E-state index is 13.5. The zero-order valence-corrected chi connectivity index (χ0v) is 27.8. The van der Waals surface area contributed by atoms with Gasteiger partial charge in [0.25, 0.3) is 0 Å². The van der Waals surface area contributed by atoms with Crippen LogP contribution in [0, 0.1) is 0 Å². The van der Waals surface area contributed by atoms with Gasteiger partial charge < -0.3 is 14.2 Å². The first-order chi connectivity index (χ1) is 22.7. The Morgan fingerprint density at radius 1 is 0.574 bits per heavy atom. The minimum atomic E-state index is -4.64. The standard InChI is InChI=1S/C39H49F3O5/c1-3-5-7-9-11-13-15-29-45-34-25-21-31(22-26-34)30-17-19-32(20-18-30)37(43)46-35-27-23-33(24-28-35)38(44)47-36(39(40,41)42)16-14-12-10-8-6-4-2/h17-28,36H,3-16,29H2,1-2H3. The summed E-state index contributed by atoms with van der Waals surface area (Å²) in [6, 6.07) is 20.1. The number of carbonyl (C=O) groups is 2. The molecule has 0 heterocycles. The van der Waals surface area contributed by atoms with Crippen molar-refractivity contribution in [3.05, 3.63) is 83.9 Å². The van der Waals surface area contributed by atoms with E-state index in [9.17, 15) is 22.8 Å². The molecule has 0 bridgehead atoms. The lowest BCUT2D eigenvalue weighted by molar-refractivity contribution is -0.206. The Morgan fingerprint density at radius 3 is 1.57 bits per heavy atom. The molecule has 0 spiro atoms. The van der Waals surface area contributed by atoms with Crippen LogP contribution in [-0.2, 0) is 4.74 Å². The highest BCUT2D eigenvalue weighted by molar-refractivity contribution is 5.92. The molecule has 3 aromatic carbocycles. The molecule has 0 fully saturated rings. The smallest absolute Gasteiger partial charge is 0.425 e. The number of hydrogen-bond donors (Lipinski definition) is 0. The van der Waals surface area contributed by atoms with E-state index in [4.69, 9.17) is 14.2 Å². The number of esters is 2. The zero-order chi connectivity index (χ0) is 33.9. The van der Waals surface area contributed by atoms with E-state index in [2.05, 4.69) is 13.8 Å². The first-order valence-corrected chi connectivity index (χ1v) is 17.1. The Labute approximate surface area is 277 Å². The van der Waals surface area contributed by atoms with Gasteiger partial charge in [0.2, 0.25) is 0 Å². The summed E-state index contributed by atoms with van der Waals surface area (Å²) in [5.41, 5.74) is 2.18. The highest BCUT2D eigenvalue weighted by Crippen LogP contribution is 2.29. The molecule has 0 aliphatic heterocycles. The molecule has 0 aliphatic carbocycles. The van der Waals surface area contributed by atoms with Crippen LogP contribution < -0.4 is 9.47 Å². The van der Waals surface area contributed by atoms with Crippen LogP contribution >= 0.6 is 0 Å². The molecule has 0 amide bonds. The summed E-state index contributed by atoms with van der Waals surface area (Å²) in [4.78, 5) is 25.2. The van der Waals surface area contributed by atoms with Crippen molar-refractivity contribution in [2.45, 2.75) is 116 Å². The molecule has 3 aromatic rings. The van der Waals surface area contributed by atoms with Gasteiger partial charge in [0.1, 0.15) is 11.5 Å². The van der Waals surface area contributed by atoms with Crippen molar-refractivity contribution in [2.24, 2.45) is 0 Å². The molecular formula is C39H49F3O5. The average Bonchev–Trinajstić information content (AvgIpc) is 3.07. The van der Waals surface area contributed by atoms with Gasteiger partial charge >= 0.3 is 18.1 Å². The third-order valence-corrected chi connectivity index (χ3v) is 8.06. The molecule has 0 N–H and O–H groups in total. The van der Waals surface area contributed by atoms with Crippen LogP contribution in [0.25, 0.3) is 11.1 Å². The fourth-order valence-electron chi connectivity index (χ4n) is 5.21. The van der Waals surface area contributed by atoms with Crippen molar-refractivity contribution in [1.82, 2.24) is 0 Å². The fourth-order valence-corrected chi connectivity index (χ4v) is 5.21. The average molecular weight is 655 g/mol. The van der Waals surface area contributed by atoms with E-state index in [1.807, 2.05) is 36.4 Å². The number of hydrogen-bond acceptors (Lipinski definition) is 5. The number of rotatable bonds is 21. The van der Waals surface area contributed by atoms with Crippen LogP contribution in [0.4, 0.5) is 13.2 Å². The second-order valence-corrected chi connectivity index (χ2v) is 12.0. The molecular weight excluding hydrogens is 605 g/mol. The van der Waals surface area contributed by atoms with E-state index in [0.717, 1.165) is 49.0 Å². The van der Waals surface area contributed by atoms with Gasteiger partial charge in [-0.3, -0.25) is 0 Å². The molecule has 5 nitrogen and oxygen atoms in total. The lowest BCUT2D eigenvalue weighted by Gasteiger charge is -2.20. The molecule has 8 heteroatoms. The van der Waals surface area contributed by atoms with Gasteiger partial charge in [-0.15, -0.1) is 0 Å². The highest BCUT2D eigenvalue weighted by atomic mass is 19.4. The van der Waals surface area contributed by atoms with Gasteiger partial charge in [-0.1, -0.05) is 109 Å². The zero-order valence-electron chi connectivity index (χ0n) is 27.8. The molecule has 47 heavy (non-hydrogen) atoms. The normalized spacial score (nSPS) is 12.0. The van der Waals surface area contributed by atoms with Gasteiger partial charge in [-0.05, 0) is 78.9 Å². The Kier molecular flexibility index (Phi) is 16.4. The van der Waals surface area contributed by atoms with Crippen LogP contribution in [0.2, 0.25) is 0 Å². The Hall–Kier alpha value is -3.81. The summed E-state index contributed by atoms with van der Waals surface area (Å²) < 4.78 is 56.6. The van der Waals surface area contributed by atoms with Crippen molar-refractivity contribution in [3.63, 3.8) is 0 Å². The van der Waals surface area contributed by atoms with E-state index in [1.165, 1.54) is 62.8 Å². The van der Waals surface area contributed by atoms with E-state index in [-0.39, 0.29) is 17.7 Å². The van der Waals surface area contributed by atoms with Crippen molar-refractivity contribution in [3.8, 4) is 22.6 Å². The topological polar surface area (TPSA) is 61.8 Å². The molecule has 0 aromatic heterocycles. The number of alkyl halides is 3. The van der Waals surface area contributed by atoms with Gasteiger partial charge in [0.15, 0.2) is 6.10 Å². The highest BCUT2D eigenvalue weighted by Gasteiger charge is 2.42. The molecule has 0 aliphatic rings. The first kappa shape index (κ1) is 37.6. The summed E-state index contributed by atoms with van der Waals surface area (Å²) in [7, 11) is 0. The van der Waals surface area contributed by atoms with Gasteiger partial charge in [-0.25, -0.2) is 9.59 Å². The van der Waals surface area contributed by atoms with Gasteiger partial charge in [-0.2, -0.15) is 13.2 Å². The van der Waals surface area contributed by atoms with Crippen molar-refractivity contribution in [2.75, 3.05) is 6.61 Å². The first-order valence-electron chi connectivity index (χ1n) is 17.1. The predicted octanol–water partition coefficient (Wildman–Crippen LogP) is 11.5. The molecule has 0 saturated carbocycles. The lowest BCUT2D eigenvalue weighted by atomic mass is 10.0. The number of carbonyl (C=O) groups excluding carboxylic acids is 2. The van der Waals surface area contributed by atoms with Crippen LogP contribution in [0.5, 0.6) is 11.5 Å². The second kappa shape index (κ2) is 20.4. The van der Waals surface area contributed by atoms with E-state index in [0.29, 0.717) is 25.0 Å². The summed E-state index contributed by atoms with van der Waals surface area (Å²) in [5, 5.41) is 0. The quantitative estimate of drug-likeness (QED) is 0.0650. The minimum absolute atomic E-state index is 0.0550. The maximum Gasteiger partial charge on any atom is 0.425 e. The SMILES string of the molecule is CCCCCCCCCOc1ccc(-c2ccc(C(=O)Oc3ccc(C(=O)OC(CCCCCCCC)C(F)(F)F)cc3)cc2)cc1. The number of ether oxygens (including phenoxy) is 3. The molecule has 256 valence electrons. The number of unbranched alkanes of at least 4 members (excludes halogenated alkanes) is 11. The summed E-state index contributed by atoms with van der Waals surface area (Å²) >= 11 is 0. The largest absolute Gasteiger partial charge is 0.494 e. The third kappa shape index (κ3) is 13.8. The molecule has 3 rings (SSSR count). The van der Waals surface area contributed by atoms with Crippen LogP contribution in [0.1, 0.15) is 124 Å². The van der Waals surface area contributed by atoms with Crippen molar-refractivity contribution >= 4 is 11.9 Å². The van der Waals surface area contributed by atoms with E-state index >= 15 is 0 Å². The molecule has 1 atom stereocenters. The fraction of sp³-hybridized carbons (Fsp3) is 0.487. The lowest BCUT2D eigenvalue weighted by Crippen LogP contribution is -2.33. The van der Waals surface area contributed by atoms with Crippen LogP contribution in [-0.4, -0.2) is 30.8 Å². The maximum absolute atomic E-state index is 13.5. The predicted molar refractivity (Wildman–Crippen MR) is 180 cm³/mol. The van der Waals surface area contributed by atoms with Gasteiger partial charge in [0.05, 0.1) is 17.7 Å². The Morgan fingerprint density at radius 2 is 1.02 bits per heavy atom. The molecule has 0 radical (unpaired) electrons. The molecule has 1 unspecified atom stereocenters. The Bertz CT molecular complexity index is 1320. The van der Waals surface area contributed by atoms with Gasteiger partial charge in [0, 0.05) is 0 Å². The van der Waals surface area contributed by atoms with Crippen molar-refractivity contribution < 1.29 is 37.0 Å². The monoisotopic (exact) mass is 654 g/mol. The summed E-state index contributed by atoms with van der Waals surface area (Å²) in [6.45, 7) is 5.00. The Balaban J connectivity index is 1.45. The summed E-state index contributed by atoms with van der Waals surface area (Å²) in [5.74, 6) is -0.689. The minimum Gasteiger partial charge on any atom is -0.494 e. The number of halogens is 3. The van der Waals surface area contributed by atoms with Crippen LogP contribution in [0.15, 0.2) is 72.8 Å². The van der Waals surface area contributed by atoms with E-state index < -0.39 is 24.2 Å². The number of benzene rings is 3. The van der Waals surface area contributed by atoms with Crippen molar-refractivity contribution in [1.29, 1.82) is 0 Å². The van der Waals surface area contributed by atoms with Crippen LogP contribution in [0.3, 0.4) is 0 Å². The third-order valence-electron chi connectivity index (χ3n) is 8.06. The second-order valence-electron chi connectivity index (χ2n) is 12.0.